The molecule has 0 aliphatic carbocycles. The van der Waals surface area contributed by atoms with Gasteiger partial charge < -0.3 is 5.11 Å². The van der Waals surface area contributed by atoms with E-state index in [9.17, 15) is 5.11 Å². The number of hydrogen-bond acceptors (Lipinski definition) is 4. The number of nitrogens with zero attached hydrogens (tertiary/aromatic N) is 2. The second-order valence-electron chi connectivity index (χ2n) is 15.4. The summed E-state index contributed by atoms with van der Waals surface area (Å²) in [5, 5.41) is 14.8. The summed E-state index contributed by atoms with van der Waals surface area (Å²) in [6.45, 7) is 19.8. The summed E-state index contributed by atoms with van der Waals surface area (Å²) in [4.78, 5) is 10.3. The average Bonchev–Trinajstić information content (AvgIpc) is 3.43. The summed E-state index contributed by atoms with van der Waals surface area (Å²) in [5.41, 5.74) is 8.97. The number of rotatable bonds is 4. The number of aromatic hydroxyl groups is 1. The van der Waals surface area contributed by atoms with E-state index in [2.05, 4.69) is 135 Å². The molecule has 6 aromatic rings. The molecule has 1 heterocycles. The maximum absolute atomic E-state index is 11.4. The normalized spacial score (nSPS) is 12.9. The van der Waals surface area contributed by atoms with E-state index in [-0.39, 0.29) is 22.0 Å². The molecule has 0 saturated heterocycles. The van der Waals surface area contributed by atoms with Crippen molar-refractivity contribution >= 4 is 44.2 Å². The third kappa shape index (κ3) is 6.11. The van der Waals surface area contributed by atoms with Gasteiger partial charge in [-0.15, -0.1) is 11.3 Å². The second-order valence-corrected chi connectivity index (χ2v) is 16.4. The Hall–Kier alpha value is -4.28. The standard InChI is InChI=1S/C42H44N2OS/c1-40(2,3)28-21-27(38(45)34(23-28)42(7,8)9)25-43-35-20-13-12-18-32(35)39-44-37-33(22-29(41(4,5)6)24-36(37)46-39)31-19-14-16-26-15-10-11-17-30(26)31/h10-25,45H,1-9H3. The predicted octanol–water partition coefficient (Wildman–Crippen LogP) is 12.1. The van der Waals surface area contributed by atoms with E-state index in [4.69, 9.17) is 9.98 Å². The van der Waals surface area contributed by atoms with Crippen LogP contribution in [-0.2, 0) is 16.2 Å². The van der Waals surface area contributed by atoms with E-state index in [1.807, 2.05) is 24.4 Å². The van der Waals surface area contributed by atoms with Gasteiger partial charge in [-0.1, -0.05) is 123 Å². The number of thiazole rings is 1. The molecule has 0 fully saturated rings. The highest BCUT2D eigenvalue weighted by atomic mass is 32.1. The Balaban J connectivity index is 1.51. The molecule has 4 heteroatoms. The fraction of sp³-hybridized carbons (Fsp3) is 0.286. The van der Waals surface area contributed by atoms with E-state index in [1.54, 1.807) is 11.3 Å². The zero-order valence-electron chi connectivity index (χ0n) is 28.5. The Morgan fingerprint density at radius 3 is 2.00 bits per heavy atom. The summed E-state index contributed by atoms with van der Waals surface area (Å²) < 4.78 is 1.16. The molecule has 0 atom stereocenters. The molecule has 0 saturated carbocycles. The van der Waals surface area contributed by atoms with Gasteiger partial charge in [0, 0.05) is 28.5 Å². The molecule has 0 radical (unpaired) electrons. The average molecular weight is 625 g/mol. The van der Waals surface area contributed by atoms with Gasteiger partial charge in [-0.05, 0) is 74.0 Å². The van der Waals surface area contributed by atoms with Gasteiger partial charge in [0.15, 0.2) is 0 Å². The lowest BCUT2D eigenvalue weighted by molar-refractivity contribution is 0.444. The number of para-hydroxylation sites is 1. The number of aromatic nitrogens is 1. The van der Waals surface area contributed by atoms with Crippen molar-refractivity contribution in [3.63, 3.8) is 0 Å². The third-order valence-electron chi connectivity index (χ3n) is 8.73. The number of phenolic OH excluding ortho intramolecular Hbond substituents is 1. The summed E-state index contributed by atoms with van der Waals surface area (Å²) >= 11 is 1.71. The van der Waals surface area contributed by atoms with Gasteiger partial charge in [-0.2, -0.15) is 0 Å². The monoisotopic (exact) mass is 624 g/mol. The lowest BCUT2D eigenvalue weighted by Crippen LogP contribution is -2.17. The van der Waals surface area contributed by atoms with Gasteiger partial charge in [0.25, 0.3) is 0 Å². The largest absolute Gasteiger partial charge is 0.507 e. The second kappa shape index (κ2) is 11.5. The first-order valence-corrected chi connectivity index (χ1v) is 16.9. The molecule has 0 aliphatic heterocycles. The third-order valence-corrected chi connectivity index (χ3v) is 9.77. The van der Waals surface area contributed by atoms with Gasteiger partial charge >= 0.3 is 0 Å². The van der Waals surface area contributed by atoms with Crippen LogP contribution in [0.5, 0.6) is 5.75 Å². The van der Waals surface area contributed by atoms with Crippen LogP contribution in [0.3, 0.4) is 0 Å². The van der Waals surface area contributed by atoms with Crippen LogP contribution in [0, 0.1) is 0 Å². The highest BCUT2D eigenvalue weighted by molar-refractivity contribution is 7.21. The molecule has 46 heavy (non-hydrogen) atoms. The zero-order chi connectivity index (χ0) is 33.0. The van der Waals surface area contributed by atoms with E-state index in [1.165, 1.54) is 27.5 Å². The molecule has 1 aromatic heterocycles. The Kier molecular flexibility index (Phi) is 7.93. The van der Waals surface area contributed by atoms with Crippen LogP contribution in [0.15, 0.2) is 96.0 Å². The van der Waals surface area contributed by atoms with Crippen molar-refractivity contribution in [2.45, 2.75) is 78.6 Å². The Morgan fingerprint density at radius 1 is 0.652 bits per heavy atom. The van der Waals surface area contributed by atoms with Crippen LogP contribution in [0.1, 0.15) is 84.6 Å². The first-order chi connectivity index (χ1) is 21.6. The van der Waals surface area contributed by atoms with Crippen molar-refractivity contribution in [1.29, 1.82) is 0 Å². The van der Waals surface area contributed by atoms with Crippen LogP contribution < -0.4 is 0 Å². The molecule has 0 spiro atoms. The molecule has 0 amide bonds. The van der Waals surface area contributed by atoms with Crippen LogP contribution in [-0.4, -0.2) is 16.3 Å². The highest BCUT2D eigenvalue weighted by Gasteiger charge is 2.25. The smallest absolute Gasteiger partial charge is 0.128 e. The maximum Gasteiger partial charge on any atom is 0.128 e. The molecule has 5 aromatic carbocycles. The molecular weight excluding hydrogens is 581 g/mol. The number of aliphatic imine (C=N–C) groups is 1. The molecule has 1 N–H and O–H groups in total. The summed E-state index contributed by atoms with van der Waals surface area (Å²) in [7, 11) is 0. The van der Waals surface area contributed by atoms with Crippen molar-refractivity contribution in [1.82, 2.24) is 4.98 Å². The summed E-state index contributed by atoms with van der Waals surface area (Å²) in [6.07, 6.45) is 1.81. The lowest BCUT2D eigenvalue weighted by atomic mass is 9.79. The van der Waals surface area contributed by atoms with E-state index < -0.39 is 0 Å². The molecule has 234 valence electrons. The fourth-order valence-electron chi connectivity index (χ4n) is 5.91. The number of phenols is 1. The summed E-state index contributed by atoms with van der Waals surface area (Å²) in [5.74, 6) is 0.288. The maximum atomic E-state index is 11.4. The molecule has 0 aliphatic rings. The summed E-state index contributed by atoms with van der Waals surface area (Å²) in [6, 6.07) is 32.1. The molecular formula is C42H44N2OS. The van der Waals surface area contributed by atoms with Crippen LogP contribution >= 0.6 is 11.3 Å². The van der Waals surface area contributed by atoms with Crippen LogP contribution in [0.2, 0.25) is 0 Å². The van der Waals surface area contributed by atoms with Crippen molar-refractivity contribution < 1.29 is 5.11 Å². The number of benzene rings is 5. The van der Waals surface area contributed by atoms with Gasteiger partial charge in [0.1, 0.15) is 10.8 Å². The van der Waals surface area contributed by atoms with Gasteiger partial charge in [0.2, 0.25) is 0 Å². The van der Waals surface area contributed by atoms with Gasteiger partial charge in [-0.25, -0.2) is 4.98 Å². The topological polar surface area (TPSA) is 45.5 Å². The van der Waals surface area contributed by atoms with E-state index >= 15 is 0 Å². The quantitative estimate of drug-likeness (QED) is 0.198. The van der Waals surface area contributed by atoms with Crippen molar-refractivity contribution in [2.24, 2.45) is 4.99 Å². The van der Waals surface area contributed by atoms with Gasteiger partial charge in [-0.3, -0.25) is 4.99 Å². The van der Waals surface area contributed by atoms with Crippen LogP contribution in [0.4, 0.5) is 5.69 Å². The Labute approximate surface area is 277 Å². The van der Waals surface area contributed by atoms with E-state index in [0.717, 1.165) is 43.2 Å². The minimum atomic E-state index is -0.208. The Morgan fingerprint density at radius 2 is 1.28 bits per heavy atom. The first kappa shape index (κ1) is 31.7. The molecule has 0 bridgehead atoms. The van der Waals surface area contributed by atoms with Crippen molar-refractivity contribution in [2.75, 3.05) is 0 Å². The number of hydrogen-bond donors (Lipinski definition) is 1. The fourth-order valence-corrected chi connectivity index (χ4v) is 6.98. The minimum Gasteiger partial charge on any atom is -0.507 e. The Bertz CT molecular complexity index is 2110. The predicted molar refractivity (Wildman–Crippen MR) is 199 cm³/mol. The van der Waals surface area contributed by atoms with E-state index in [0.29, 0.717) is 0 Å². The molecule has 6 rings (SSSR count). The van der Waals surface area contributed by atoms with Crippen LogP contribution in [0.25, 0.3) is 42.7 Å². The van der Waals surface area contributed by atoms with Crippen molar-refractivity contribution in [3.8, 4) is 27.4 Å². The lowest BCUT2D eigenvalue weighted by Gasteiger charge is -2.27. The number of fused-ring (bicyclic) bond motifs is 2. The molecule has 0 unspecified atom stereocenters. The zero-order valence-corrected chi connectivity index (χ0v) is 29.3. The minimum absolute atomic E-state index is 0.0185. The first-order valence-electron chi connectivity index (χ1n) is 16.1. The SMILES string of the molecule is CC(C)(C)c1cc(C=Nc2ccccc2-c2nc3c(-c4cccc5ccccc45)cc(C(C)(C)C)cc3s2)c(O)c(C(C)(C)C)c1. The molecule has 3 nitrogen and oxygen atoms in total. The van der Waals surface area contributed by atoms with Crippen molar-refractivity contribution in [3.05, 3.63) is 113 Å². The van der Waals surface area contributed by atoms with Gasteiger partial charge in [0.05, 0.1) is 15.9 Å². The highest BCUT2D eigenvalue weighted by Crippen LogP contribution is 2.43.